The Morgan fingerprint density at radius 1 is 1.50 bits per heavy atom. The number of hydrogen-bond donors (Lipinski definition) is 0. The van der Waals surface area contributed by atoms with Crippen molar-refractivity contribution in [1.29, 1.82) is 0 Å². The van der Waals surface area contributed by atoms with Crippen molar-refractivity contribution in [2.75, 3.05) is 0 Å². The van der Waals surface area contributed by atoms with Crippen molar-refractivity contribution < 1.29 is 0 Å². The first-order valence-corrected chi connectivity index (χ1v) is 5.36. The van der Waals surface area contributed by atoms with E-state index in [0.717, 1.165) is 11.3 Å². The Hall–Kier alpha value is -0.0800. The minimum absolute atomic E-state index is 0.321. The number of rotatable bonds is 2. The van der Waals surface area contributed by atoms with Gasteiger partial charge in [-0.2, -0.15) is 0 Å². The summed E-state index contributed by atoms with van der Waals surface area (Å²) in [6.07, 6.45) is 2.91. The van der Waals surface area contributed by atoms with Gasteiger partial charge in [-0.3, -0.25) is 0 Å². The molecule has 1 heterocycles. The number of halogens is 1. The van der Waals surface area contributed by atoms with Gasteiger partial charge in [0.15, 0.2) is 0 Å². The van der Waals surface area contributed by atoms with E-state index in [1.807, 2.05) is 6.20 Å². The molecule has 0 atom stereocenters. The lowest BCUT2D eigenvalue weighted by atomic mass is 9.93. The van der Waals surface area contributed by atoms with Crippen molar-refractivity contribution in [3.8, 4) is 0 Å². The number of alkyl halides is 1. The fourth-order valence-corrected chi connectivity index (χ4v) is 2.25. The Morgan fingerprint density at radius 3 is 2.58 bits per heavy atom. The van der Waals surface area contributed by atoms with Crippen LogP contribution < -0.4 is 0 Å². The molecule has 0 saturated carbocycles. The van der Waals surface area contributed by atoms with Gasteiger partial charge in [-0.05, 0) is 5.41 Å². The zero-order valence-electron chi connectivity index (χ0n) is 7.72. The van der Waals surface area contributed by atoms with Crippen LogP contribution in [0.3, 0.4) is 0 Å². The first-order valence-electron chi connectivity index (χ1n) is 4.01. The van der Waals surface area contributed by atoms with Gasteiger partial charge in [-0.25, -0.2) is 4.98 Å². The van der Waals surface area contributed by atoms with Gasteiger partial charge in [0.25, 0.3) is 0 Å². The number of aromatic nitrogens is 1. The first kappa shape index (κ1) is 10.0. The van der Waals surface area contributed by atoms with Crippen LogP contribution in [0.1, 0.15) is 30.7 Å². The molecule has 1 aromatic heterocycles. The van der Waals surface area contributed by atoms with Gasteiger partial charge in [-0.1, -0.05) is 20.8 Å². The summed E-state index contributed by atoms with van der Waals surface area (Å²) in [5.41, 5.74) is 0.321. The summed E-state index contributed by atoms with van der Waals surface area (Å²) in [6, 6.07) is 0. The average molecular weight is 204 g/mol. The van der Waals surface area contributed by atoms with Gasteiger partial charge < -0.3 is 0 Å². The largest absolute Gasteiger partial charge is 0.249 e. The minimum atomic E-state index is 0.321. The van der Waals surface area contributed by atoms with E-state index in [-0.39, 0.29) is 0 Å². The second kappa shape index (κ2) is 3.75. The molecule has 12 heavy (non-hydrogen) atoms. The molecule has 0 saturated heterocycles. The third kappa shape index (κ3) is 3.11. The molecule has 0 bridgehead atoms. The van der Waals surface area contributed by atoms with Gasteiger partial charge in [0.1, 0.15) is 0 Å². The highest BCUT2D eigenvalue weighted by Crippen LogP contribution is 2.24. The molecule has 0 radical (unpaired) electrons. The van der Waals surface area contributed by atoms with E-state index in [2.05, 4.69) is 25.8 Å². The topological polar surface area (TPSA) is 12.9 Å². The molecule has 1 nitrogen and oxygen atoms in total. The summed E-state index contributed by atoms with van der Waals surface area (Å²) in [5.74, 6) is 0.585. The van der Waals surface area contributed by atoms with E-state index in [0.29, 0.717) is 11.3 Å². The Balaban J connectivity index is 2.64. The van der Waals surface area contributed by atoms with E-state index >= 15 is 0 Å². The minimum Gasteiger partial charge on any atom is -0.249 e. The molecule has 1 aromatic rings. The van der Waals surface area contributed by atoms with E-state index < -0.39 is 0 Å². The summed E-state index contributed by atoms with van der Waals surface area (Å²) in [4.78, 5) is 5.47. The Bertz CT molecular complexity index is 249. The second-order valence-electron chi connectivity index (χ2n) is 4.09. The highest BCUT2D eigenvalue weighted by atomic mass is 35.5. The van der Waals surface area contributed by atoms with Gasteiger partial charge in [-0.15, -0.1) is 22.9 Å². The van der Waals surface area contributed by atoms with Gasteiger partial charge in [0.05, 0.1) is 10.9 Å². The molecule has 0 unspecified atom stereocenters. The molecule has 0 spiro atoms. The van der Waals surface area contributed by atoms with Crippen molar-refractivity contribution in [3.63, 3.8) is 0 Å². The van der Waals surface area contributed by atoms with Crippen LogP contribution in [0.5, 0.6) is 0 Å². The van der Waals surface area contributed by atoms with E-state index in [1.54, 1.807) is 11.3 Å². The number of hydrogen-bond acceptors (Lipinski definition) is 2. The molecule has 3 heteroatoms. The third-order valence-electron chi connectivity index (χ3n) is 1.41. The standard InChI is InChI=1S/C9H14ClNS/c1-9(2,3)4-8-11-6-7(5-10)12-8/h6H,4-5H2,1-3H3. The van der Waals surface area contributed by atoms with Crippen LogP contribution >= 0.6 is 22.9 Å². The predicted octanol–water partition coefficient (Wildman–Crippen LogP) is 3.47. The lowest BCUT2D eigenvalue weighted by Gasteiger charge is -2.15. The van der Waals surface area contributed by atoms with Crippen LogP contribution in [0.25, 0.3) is 0 Å². The van der Waals surface area contributed by atoms with Crippen LogP contribution in [0.4, 0.5) is 0 Å². The summed E-state index contributed by atoms with van der Waals surface area (Å²) < 4.78 is 0. The lowest BCUT2D eigenvalue weighted by Crippen LogP contribution is -2.08. The Labute approximate surface area is 82.8 Å². The summed E-state index contributed by atoms with van der Waals surface area (Å²) in [5, 5.41) is 1.19. The fourth-order valence-electron chi connectivity index (χ4n) is 0.945. The smallest absolute Gasteiger partial charge is 0.0933 e. The maximum Gasteiger partial charge on any atom is 0.0933 e. The summed E-state index contributed by atoms with van der Waals surface area (Å²) >= 11 is 7.40. The van der Waals surface area contributed by atoms with Crippen LogP contribution in [0.2, 0.25) is 0 Å². The zero-order valence-corrected chi connectivity index (χ0v) is 9.30. The Kier molecular flexibility index (Phi) is 3.13. The molecule has 0 N–H and O–H groups in total. The van der Waals surface area contributed by atoms with Gasteiger partial charge >= 0.3 is 0 Å². The maximum atomic E-state index is 5.68. The molecular weight excluding hydrogens is 190 g/mol. The molecule has 0 aliphatic carbocycles. The van der Waals surface area contributed by atoms with Gasteiger partial charge in [0, 0.05) is 17.5 Å². The number of nitrogens with zero attached hydrogens (tertiary/aromatic N) is 1. The molecule has 68 valence electrons. The van der Waals surface area contributed by atoms with E-state index in [1.165, 1.54) is 5.01 Å². The quantitative estimate of drug-likeness (QED) is 0.671. The molecule has 1 rings (SSSR count). The van der Waals surface area contributed by atoms with Crippen LogP contribution in [-0.4, -0.2) is 4.98 Å². The SMILES string of the molecule is CC(C)(C)Cc1ncc(CCl)s1. The fraction of sp³-hybridized carbons (Fsp3) is 0.667. The van der Waals surface area contributed by atoms with Gasteiger partial charge in [0.2, 0.25) is 0 Å². The highest BCUT2D eigenvalue weighted by molar-refractivity contribution is 7.11. The molecule has 0 aliphatic rings. The highest BCUT2D eigenvalue weighted by Gasteiger charge is 2.13. The molecule has 0 aromatic carbocycles. The van der Waals surface area contributed by atoms with Crippen molar-refractivity contribution in [2.24, 2.45) is 5.41 Å². The monoisotopic (exact) mass is 203 g/mol. The molecular formula is C9H14ClNS. The van der Waals surface area contributed by atoms with Crippen LogP contribution in [0.15, 0.2) is 6.20 Å². The molecule has 0 fully saturated rings. The van der Waals surface area contributed by atoms with Crippen LogP contribution in [-0.2, 0) is 12.3 Å². The van der Waals surface area contributed by atoms with Crippen molar-refractivity contribution in [3.05, 3.63) is 16.1 Å². The predicted molar refractivity (Wildman–Crippen MR) is 54.8 cm³/mol. The normalized spacial score (nSPS) is 12.0. The Morgan fingerprint density at radius 2 is 2.17 bits per heavy atom. The maximum absolute atomic E-state index is 5.68. The molecule has 0 amide bonds. The van der Waals surface area contributed by atoms with Crippen molar-refractivity contribution >= 4 is 22.9 Å². The summed E-state index contributed by atoms with van der Waals surface area (Å²) in [6.45, 7) is 6.65. The van der Waals surface area contributed by atoms with E-state index in [4.69, 9.17) is 11.6 Å². The zero-order chi connectivity index (χ0) is 9.19. The molecule has 0 aliphatic heterocycles. The van der Waals surface area contributed by atoms with Crippen LogP contribution in [0, 0.1) is 5.41 Å². The van der Waals surface area contributed by atoms with Crippen molar-refractivity contribution in [1.82, 2.24) is 4.98 Å². The van der Waals surface area contributed by atoms with Crippen molar-refractivity contribution in [2.45, 2.75) is 33.1 Å². The summed E-state index contributed by atoms with van der Waals surface area (Å²) in [7, 11) is 0. The second-order valence-corrected chi connectivity index (χ2v) is 5.56. The number of thiazole rings is 1. The first-order chi connectivity index (χ1) is 5.51. The third-order valence-corrected chi connectivity index (χ3v) is 2.86. The average Bonchev–Trinajstić information content (AvgIpc) is 2.32. The lowest BCUT2D eigenvalue weighted by molar-refractivity contribution is 0.410. The van der Waals surface area contributed by atoms with E-state index in [9.17, 15) is 0 Å².